The van der Waals surface area contributed by atoms with E-state index in [2.05, 4.69) is 24.9 Å². The fraction of sp³-hybridized carbons (Fsp3) is 0.176. The van der Waals surface area contributed by atoms with E-state index in [0.717, 1.165) is 11.1 Å². The largest absolute Gasteiger partial charge is 0.265 e. The number of benzene rings is 1. The maximum atomic E-state index is 9.34. The number of hydrogen-bond acceptors (Lipinski definition) is 2. The highest BCUT2D eigenvalue weighted by atomic mass is 35.5. The van der Waals surface area contributed by atoms with Gasteiger partial charge in [-0.3, -0.25) is 4.98 Å². The monoisotopic (exact) mass is 282 g/mol. The Balaban J connectivity index is 2.44. The third-order valence-corrected chi connectivity index (χ3v) is 3.54. The number of halogens is 1. The van der Waals surface area contributed by atoms with Gasteiger partial charge >= 0.3 is 0 Å². The number of allylic oxidation sites excluding steroid dienone is 1. The average Bonchev–Trinajstić information content (AvgIpc) is 2.49. The molecule has 100 valence electrons. The van der Waals surface area contributed by atoms with Gasteiger partial charge in [0, 0.05) is 12.4 Å². The van der Waals surface area contributed by atoms with E-state index in [1.807, 2.05) is 24.3 Å². The van der Waals surface area contributed by atoms with Crippen LogP contribution in [0.2, 0.25) is 0 Å². The molecule has 0 bridgehead atoms. The highest BCUT2D eigenvalue weighted by Gasteiger charge is 2.09. The van der Waals surface area contributed by atoms with Gasteiger partial charge in [-0.1, -0.05) is 49.7 Å². The zero-order valence-electron chi connectivity index (χ0n) is 11.5. The molecule has 0 aliphatic rings. The standard InChI is InChI=1S/C17H15ClN2/c1-12(2)13-3-5-15(6-4-13)17(18)16(11-19)14-7-9-20-10-8-14/h3-10,12H,1-2H3/b17-16+. The molecular formula is C17H15ClN2. The van der Waals surface area contributed by atoms with Crippen molar-refractivity contribution in [1.82, 2.24) is 4.98 Å². The lowest BCUT2D eigenvalue weighted by Crippen LogP contribution is -1.89. The highest BCUT2D eigenvalue weighted by molar-refractivity contribution is 6.53. The molecule has 1 aromatic heterocycles. The van der Waals surface area contributed by atoms with Crippen LogP contribution in [0.15, 0.2) is 48.8 Å². The molecule has 0 saturated carbocycles. The summed E-state index contributed by atoms with van der Waals surface area (Å²) in [5, 5.41) is 9.81. The summed E-state index contributed by atoms with van der Waals surface area (Å²) >= 11 is 6.38. The summed E-state index contributed by atoms with van der Waals surface area (Å²) in [6.45, 7) is 4.29. The number of pyridine rings is 1. The molecule has 3 heteroatoms. The third-order valence-electron chi connectivity index (χ3n) is 3.13. The Morgan fingerprint density at radius 3 is 2.15 bits per heavy atom. The van der Waals surface area contributed by atoms with Gasteiger partial charge in [-0.25, -0.2) is 0 Å². The lowest BCUT2D eigenvalue weighted by atomic mass is 10.00. The Hall–Kier alpha value is -2.11. The first-order valence-electron chi connectivity index (χ1n) is 6.44. The maximum Gasteiger partial charge on any atom is 0.101 e. The number of aromatic nitrogens is 1. The molecular weight excluding hydrogens is 268 g/mol. The van der Waals surface area contributed by atoms with Gasteiger partial charge in [0.05, 0.1) is 10.6 Å². The molecule has 2 rings (SSSR count). The van der Waals surface area contributed by atoms with Crippen molar-refractivity contribution >= 4 is 22.2 Å². The lowest BCUT2D eigenvalue weighted by molar-refractivity contribution is 0.866. The minimum Gasteiger partial charge on any atom is -0.265 e. The zero-order chi connectivity index (χ0) is 14.5. The second-order valence-electron chi connectivity index (χ2n) is 4.81. The van der Waals surface area contributed by atoms with Crippen LogP contribution < -0.4 is 0 Å². The van der Waals surface area contributed by atoms with Gasteiger partial charge in [0.15, 0.2) is 0 Å². The normalized spacial score (nSPS) is 11.9. The number of rotatable bonds is 3. The van der Waals surface area contributed by atoms with Gasteiger partial charge in [0.2, 0.25) is 0 Å². The number of nitrogens with zero attached hydrogens (tertiary/aromatic N) is 2. The Kier molecular flexibility index (Phi) is 4.55. The van der Waals surface area contributed by atoms with Crippen LogP contribution in [0.4, 0.5) is 0 Å². The second-order valence-corrected chi connectivity index (χ2v) is 5.19. The van der Waals surface area contributed by atoms with Crippen LogP contribution in [0.25, 0.3) is 10.6 Å². The van der Waals surface area contributed by atoms with Crippen molar-refractivity contribution in [1.29, 1.82) is 5.26 Å². The molecule has 1 aromatic carbocycles. The molecule has 0 aliphatic heterocycles. The fourth-order valence-electron chi connectivity index (χ4n) is 1.92. The van der Waals surface area contributed by atoms with Crippen molar-refractivity contribution in [2.24, 2.45) is 0 Å². The molecule has 0 saturated heterocycles. The first-order valence-corrected chi connectivity index (χ1v) is 6.82. The van der Waals surface area contributed by atoms with E-state index in [-0.39, 0.29) is 0 Å². The van der Waals surface area contributed by atoms with Crippen LogP contribution in [0, 0.1) is 11.3 Å². The Labute approximate surface area is 124 Å². The topological polar surface area (TPSA) is 36.7 Å². The van der Waals surface area contributed by atoms with Crippen molar-refractivity contribution in [3.63, 3.8) is 0 Å². The quantitative estimate of drug-likeness (QED) is 0.756. The molecule has 0 fully saturated rings. The van der Waals surface area contributed by atoms with Crippen molar-refractivity contribution in [2.75, 3.05) is 0 Å². The van der Waals surface area contributed by atoms with Gasteiger partial charge in [-0.05, 0) is 34.7 Å². The molecule has 0 amide bonds. The number of hydrogen-bond donors (Lipinski definition) is 0. The summed E-state index contributed by atoms with van der Waals surface area (Å²) in [5.41, 5.74) is 3.34. The highest BCUT2D eigenvalue weighted by Crippen LogP contribution is 2.29. The minimum absolute atomic E-state index is 0.464. The van der Waals surface area contributed by atoms with E-state index >= 15 is 0 Å². The molecule has 0 N–H and O–H groups in total. The summed E-state index contributed by atoms with van der Waals surface area (Å²) in [6, 6.07) is 13.7. The van der Waals surface area contributed by atoms with Gasteiger partial charge in [-0.2, -0.15) is 5.26 Å². The zero-order valence-corrected chi connectivity index (χ0v) is 12.2. The van der Waals surface area contributed by atoms with Gasteiger partial charge in [-0.15, -0.1) is 0 Å². The van der Waals surface area contributed by atoms with E-state index in [1.165, 1.54) is 5.56 Å². The van der Waals surface area contributed by atoms with Crippen LogP contribution in [0.5, 0.6) is 0 Å². The second kappa shape index (κ2) is 6.36. The lowest BCUT2D eigenvalue weighted by Gasteiger charge is -2.08. The molecule has 0 atom stereocenters. The molecule has 0 spiro atoms. The van der Waals surface area contributed by atoms with E-state index in [0.29, 0.717) is 16.5 Å². The third kappa shape index (κ3) is 3.07. The molecule has 0 aliphatic carbocycles. The van der Waals surface area contributed by atoms with Crippen LogP contribution in [0.3, 0.4) is 0 Å². The van der Waals surface area contributed by atoms with E-state index in [1.54, 1.807) is 24.5 Å². The van der Waals surface area contributed by atoms with Crippen LogP contribution >= 0.6 is 11.6 Å². The molecule has 2 nitrogen and oxygen atoms in total. The first-order chi connectivity index (χ1) is 9.63. The van der Waals surface area contributed by atoms with E-state index in [9.17, 15) is 5.26 Å². The van der Waals surface area contributed by atoms with E-state index in [4.69, 9.17) is 11.6 Å². The van der Waals surface area contributed by atoms with Gasteiger partial charge < -0.3 is 0 Å². The summed E-state index contributed by atoms with van der Waals surface area (Å²) in [5.74, 6) is 0.474. The van der Waals surface area contributed by atoms with Crippen LogP contribution in [-0.4, -0.2) is 4.98 Å². The number of nitriles is 1. The smallest absolute Gasteiger partial charge is 0.101 e. The predicted octanol–water partition coefficient (Wildman–Crippen LogP) is 4.84. The van der Waals surface area contributed by atoms with Crippen molar-refractivity contribution < 1.29 is 0 Å². The average molecular weight is 283 g/mol. The van der Waals surface area contributed by atoms with Crippen molar-refractivity contribution in [3.8, 4) is 6.07 Å². The SMILES string of the molecule is CC(C)c1ccc(/C(Cl)=C(/C#N)c2ccncc2)cc1. The van der Waals surface area contributed by atoms with Crippen LogP contribution in [-0.2, 0) is 0 Å². The van der Waals surface area contributed by atoms with Crippen LogP contribution in [0.1, 0.15) is 36.5 Å². The fourth-order valence-corrected chi connectivity index (χ4v) is 2.19. The van der Waals surface area contributed by atoms with Gasteiger partial charge in [0.1, 0.15) is 6.07 Å². The molecule has 20 heavy (non-hydrogen) atoms. The summed E-state index contributed by atoms with van der Waals surface area (Å²) in [4.78, 5) is 3.95. The van der Waals surface area contributed by atoms with E-state index < -0.39 is 0 Å². The molecule has 1 heterocycles. The maximum absolute atomic E-state index is 9.34. The summed E-state index contributed by atoms with van der Waals surface area (Å²) in [7, 11) is 0. The van der Waals surface area contributed by atoms with Gasteiger partial charge in [0.25, 0.3) is 0 Å². The summed E-state index contributed by atoms with van der Waals surface area (Å²) in [6.07, 6.45) is 3.30. The molecule has 2 aromatic rings. The first kappa shape index (κ1) is 14.3. The Morgan fingerprint density at radius 2 is 1.65 bits per heavy atom. The minimum atomic E-state index is 0.464. The van der Waals surface area contributed by atoms with Crippen molar-refractivity contribution in [3.05, 3.63) is 65.5 Å². The predicted molar refractivity (Wildman–Crippen MR) is 83.0 cm³/mol. The van der Waals surface area contributed by atoms with Crippen molar-refractivity contribution in [2.45, 2.75) is 19.8 Å². The molecule has 0 radical (unpaired) electrons. The summed E-state index contributed by atoms with van der Waals surface area (Å²) < 4.78 is 0. The Bertz CT molecular complexity index is 650. The Morgan fingerprint density at radius 1 is 1.05 bits per heavy atom. The molecule has 0 unspecified atom stereocenters.